The van der Waals surface area contributed by atoms with Crippen LogP contribution in [0.4, 0.5) is 10.1 Å². The van der Waals surface area contributed by atoms with Crippen molar-refractivity contribution >= 4 is 17.5 Å². The van der Waals surface area contributed by atoms with Gasteiger partial charge in [0.25, 0.3) is 11.8 Å². The van der Waals surface area contributed by atoms with Gasteiger partial charge in [-0.2, -0.15) is 0 Å². The van der Waals surface area contributed by atoms with Crippen molar-refractivity contribution in [2.45, 2.75) is 20.0 Å². The van der Waals surface area contributed by atoms with E-state index in [9.17, 15) is 14.0 Å². The van der Waals surface area contributed by atoms with Gasteiger partial charge in [-0.1, -0.05) is 18.2 Å². The molecule has 0 unspecified atom stereocenters. The summed E-state index contributed by atoms with van der Waals surface area (Å²) in [6, 6.07) is 13.5. The molecule has 0 aliphatic carbocycles. The fraction of sp³-hybridized carbons (Fsp3) is 0.364. The topological polar surface area (TPSA) is 63.1 Å². The maximum atomic E-state index is 13.2. The maximum Gasteiger partial charge on any atom is 0.279 e. The Hall–Kier alpha value is -2.93. The normalized spacial score (nSPS) is 15.6. The fourth-order valence-electron chi connectivity index (χ4n) is 3.42. The molecule has 1 aliphatic rings. The van der Waals surface area contributed by atoms with Gasteiger partial charge in [-0.05, 0) is 49.7 Å². The molecular formula is C22H27FN3O3+. The van der Waals surface area contributed by atoms with E-state index >= 15 is 0 Å². The standard InChI is InChI=1S/C22H26FN3O3/c1-16-5-3-8-20(13-16)29-17(2)22(28)26-11-9-25(10-12-26)15-21(27)24-19-7-4-6-18(23)14-19/h3-8,13-14,17H,9-12,15H2,1-2H3,(H,24,27)/p+1/t17-/m0/s1. The first kappa shape index (κ1) is 20.8. The van der Waals surface area contributed by atoms with Crippen LogP contribution < -0.4 is 15.0 Å². The van der Waals surface area contributed by atoms with Gasteiger partial charge in [0.05, 0.1) is 26.2 Å². The van der Waals surface area contributed by atoms with E-state index in [4.69, 9.17) is 4.74 Å². The molecule has 1 aliphatic heterocycles. The minimum absolute atomic E-state index is 0.0465. The summed E-state index contributed by atoms with van der Waals surface area (Å²) in [6.45, 7) is 6.53. The van der Waals surface area contributed by atoms with E-state index in [0.717, 1.165) is 10.5 Å². The van der Waals surface area contributed by atoms with E-state index in [1.807, 2.05) is 31.2 Å². The van der Waals surface area contributed by atoms with Crippen molar-refractivity contribution < 1.29 is 23.6 Å². The molecule has 7 heteroatoms. The first-order valence-electron chi connectivity index (χ1n) is 9.82. The van der Waals surface area contributed by atoms with E-state index in [0.29, 0.717) is 37.6 Å². The molecule has 29 heavy (non-hydrogen) atoms. The number of hydrogen-bond donors (Lipinski definition) is 2. The molecule has 0 bridgehead atoms. The number of piperazine rings is 1. The van der Waals surface area contributed by atoms with Gasteiger partial charge in [-0.15, -0.1) is 0 Å². The van der Waals surface area contributed by atoms with Gasteiger partial charge in [-0.3, -0.25) is 9.59 Å². The summed E-state index contributed by atoms with van der Waals surface area (Å²) in [7, 11) is 0. The van der Waals surface area contributed by atoms with Crippen LogP contribution in [-0.2, 0) is 9.59 Å². The van der Waals surface area contributed by atoms with Crippen molar-refractivity contribution in [1.82, 2.24) is 4.90 Å². The summed E-state index contributed by atoms with van der Waals surface area (Å²) >= 11 is 0. The number of ether oxygens (including phenoxy) is 1. The molecule has 0 saturated carbocycles. The summed E-state index contributed by atoms with van der Waals surface area (Å²) in [4.78, 5) is 27.7. The third-order valence-corrected chi connectivity index (χ3v) is 4.95. The van der Waals surface area contributed by atoms with Gasteiger partial charge in [-0.25, -0.2) is 4.39 Å². The number of aryl methyl sites for hydroxylation is 1. The van der Waals surface area contributed by atoms with Crippen molar-refractivity contribution in [3.05, 3.63) is 59.9 Å². The highest BCUT2D eigenvalue weighted by molar-refractivity contribution is 5.91. The van der Waals surface area contributed by atoms with Crippen molar-refractivity contribution in [3.63, 3.8) is 0 Å². The average molecular weight is 400 g/mol. The predicted octanol–water partition coefficient (Wildman–Crippen LogP) is 1.27. The summed E-state index contributed by atoms with van der Waals surface area (Å²) < 4.78 is 19.0. The van der Waals surface area contributed by atoms with Crippen LogP contribution in [0.2, 0.25) is 0 Å². The molecule has 3 rings (SSSR count). The molecular weight excluding hydrogens is 373 g/mol. The Morgan fingerprint density at radius 3 is 2.59 bits per heavy atom. The third kappa shape index (κ3) is 6.02. The molecule has 1 saturated heterocycles. The second-order valence-corrected chi connectivity index (χ2v) is 7.39. The lowest BCUT2D eigenvalue weighted by Gasteiger charge is -2.33. The quantitative estimate of drug-likeness (QED) is 0.768. The highest BCUT2D eigenvalue weighted by Crippen LogP contribution is 2.15. The number of hydrogen-bond acceptors (Lipinski definition) is 3. The van der Waals surface area contributed by atoms with Crippen molar-refractivity contribution in [2.24, 2.45) is 0 Å². The van der Waals surface area contributed by atoms with E-state index in [2.05, 4.69) is 5.32 Å². The van der Waals surface area contributed by atoms with Crippen LogP contribution in [0, 0.1) is 12.7 Å². The second kappa shape index (κ2) is 9.52. The molecule has 2 N–H and O–H groups in total. The number of amides is 2. The minimum Gasteiger partial charge on any atom is -0.481 e. The van der Waals surface area contributed by atoms with Crippen molar-refractivity contribution in [3.8, 4) is 5.75 Å². The zero-order chi connectivity index (χ0) is 20.8. The number of anilines is 1. The zero-order valence-corrected chi connectivity index (χ0v) is 16.8. The Morgan fingerprint density at radius 2 is 1.90 bits per heavy atom. The van der Waals surface area contributed by atoms with Crippen LogP contribution in [0.1, 0.15) is 12.5 Å². The Morgan fingerprint density at radius 1 is 1.17 bits per heavy atom. The third-order valence-electron chi connectivity index (χ3n) is 4.95. The number of carbonyl (C=O) groups excluding carboxylic acids is 2. The number of rotatable bonds is 6. The number of nitrogens with one attached hydrogen (secondary N) is 2. The molecule has 1 fully saturated rings. The van der Waals surface area contributed by atoms with Gasteiger partial charge in [0, 0.05) is 5.69 Å². The Balaban J connectivity index is 1.44. The van der Waals surface area contributed by atoms with E-state index in [1.165, 1.54) is 12.1 Å². The smallest absolute Gasteiger partial charge is 0.279 e. The summed E-state index contributed by atoms with van der Waals surface area (Å²) in [5, 5.41) is 2.71. The van der Waals surface area contributed by atoms with Crippen molar-refractivity contribution in [1.29, 1.82) is 0 Å². The molecule has 2 amide bonds. The predicted molar refractivity (Wildman–Crippen MR) is 108 cm³/mol. The van der Waals surface area contributed by atoms with Gasteiger partial charge < -0.3 is 19.9 Å². The van der Waals surface area contributed by atoms with E-state index in [-0.39, 0.29) is 24.2 Å². The minimum atomic E-state index is -0.561. The van der Waals surface area contributed by atoms with Gasteiger partial charge >= 0.3 is 0 Å². The number of carbonyl (C=O) groups is 2. The van der Waals surface area contributed by atoms with E-state index < -0.39 is 6.10 Å². The number of halogens is 1. The SMILES string of the molecule is Cc1cccc(O[C@@H](C)C(=O)N2CC[NH+](CC(=O)Nc3cccc(F)c3)CC2)c1. The lowest BCUT2D eigenvalue weighted by Crippen LogP contribution is -3.15. The Kier molecular flexibility index (Phi) is 6.82. The zero-order valence-electron chi connectivity index (χ0n) is 16.8. The van der Waals surface area contributed by atoms with Crippen LogP contribution in [0.5, 0.6) is 5.75 Å². The molecule has 0 spiro atoms. The van der Waals surface area contributed by atoms with Gasteiger partial charge in [0.15, 0.2) is 12.6 Å². The molecule has 1 heterocycles. The van der Waals surface area contributed by atoms with Crippen LogP contribution >= 0.6 is 0 Å². The Labute approximate surface area is 170 Å². The summed E-state index contributed by atoms with van der Waals surface area (Å²) in [6.07, 6.45) is -0.561. The average Bonchev–Trinajstić information content (AvgIpc) is 2.68. The van der Waals surface area contributed by atoms with Crippen molar-refractivity contribution in [2.75, 3.05) is 38.0 Å². The highest BCUT2D eigenvalue weighted by atomic mass is 19.1. The van der Waals surface area contributed by atoms with Crippen LogP contribution in [-0.4, -0.2) is 55.5 Å². The number of quaternary nitrogens is 1. The largest absolute Gasteiger partial charge is 0.481 e. The second-order valence-electron chi connectivity index (χ2n) is 7.39. The molecule has 2 aromatic carbocycles. The number of nitrogens with zero attached hydrogens (tertiary/aromatic N) is 1. The maximum absolute atomic E-state index is 13.2. The first-order valence-corrected chi connectivity index (χ1v) is 9.82. The monoisotopic (exact) mass is 400 g/mol. The molecule has 6 nitrogen and oxygen atoms in total. The van der Waals surface area contributed by atoms with Crippen LogP contribution in [0.3, 0.4) is 0 Å². The lowest BCUT2D eigenvalue weighted by molar-refractivity contribution is -0.895. The lowest BCUT2D eigenvalue weighted by atomic mass is 10.2. The number of benzene rings is 2. The van der Waals surface area contributed by atoms with Gasteiger partial charge in [0.1, 0.15) is 11.6 Å². The molecule has 0 aromatic heterocycles. The van der Waals surface area contributed by atoms with Crippen LogP contribution in [0.15, 0.2) is 48.5 Å². The first-order chi connectivity index (χ1) is 13.9. The van der Waals surface area contributed by atoms with Gasteiger partial charge in [0.2, 0.25) is 0 Å². The van der Waals surface area contributed by atoms with Crippen LogP contribution in [0.25, 0.3) is 0 Å². The fourth-order valence-corrected chi connectivity index (χ4v) is 3.42. The summed E-state index contributed by atoms with van der Waals surface area (Å²) in [5.41, 5.74) is 1.53. The highest BCUT2D eigenvalue weighted by Gasteiger charge is 2.28. The molecule has 0 radical (unpaired) electrons. The molecule has 154 valence electrons. The van der Waals surface area contributed by atoms with E-state index in [1.54, 1.807) is 24.0 Å². The Bertz CT molecular complexity index is 866. The summed E-state index contributed by atoms with van der Waals surface area (Å²) in [5.74, 6) is 0.0877. The molecule has 2 aromatic rings. The molecule has 1 atom stereocenters.